The van der Waals surface area contributed by atoms with Crippen molar-refractivity contribution in [1.29, 1.82) is 0 Å². The zero-order chi connectivity index (χ0) is 14.5. The van der Waals surface area contributed by atoms with Crippen molar-refractivity contribution < 1.29 is 8.42 Å². The van der Waals surface area contributed by atoms with Gasteiger partial charge in [0.15, 0.2) is 9.84 Å². The Hall–Kier alpha value is -0.830. The van der Waals surface area contributed by atoms with Gasteiger partial charge in [-0.3, -0.25) is 0 Å². The van der Waals surface area contributed by atoms with Crippen molar-refractivity contribution in [3.05, 3.63) is 35.9 Å². The fourth-order valence-electron chi connectivity index (χ4n) is 2.16. The summed E-state index contributed by atoms with van der Waals surface area (Å²) >= 11 is 0. The molecular formula is C16H26O2S. The first kappa shape index (κ1) is 16.2. The van der Waals surface area contributed by atoms with E-state index in [1.807, 2.05) is 37.3 Å². The average molecular weight is 282 g/mol. The number of sulfone groups is 1. The summed E-state index contributed by atoms with van der Waals surface area (Å²) in [6, 6.07) is 9.86. The highest BCUT2D eigenvalue weighted by Gasteiger charge is 2.18. The molecule has 0 aliphatic rings. The van der Waals surface area contributed by atoms with Crippen LogP contribution >= 0.6 is 0 Å². The van der Waals surface area contributed by atoms with E-state index in [1.165, 1.54) is 0 Å². The standard InChI is InChI=1S/C16H26O2S/c1-14(15-9-6-5-7-10-15)13-19(17,18)12-8-11-16(2,3)4/h5-7,9-10,14H,8,11-13H2,1-4H3/t14-/m0/s1. The Bertz CT molecular complexity index is 469. The predicted octanol–water partition coefficient (Wildman–Crippen LogP) is 4.03. The highest BCUT2D eigenvalue weighted by Crippen LogP contribution is 2.22. The molecule has 1 rings (SSSR count). The third kappa shape index (κ3) is 6.76. The number of hydrogen-bond donors (Lipinski definition) is 0. The molecule has 2 nitrogen and oxygen atoms in total. The molecule has 1 aromatic rings. The van der Waals surface area contributed by atoms with E-state index in [0.717, 1.165) is 18.4 Å². The lowest BCUT2D eigenvalue weighted by atomic mass is 9.91. The first-order valence-electron chi connectivity index (χ1n) is 6.95. The third-order valence-corrected chi connectivity index (χ3v) is 5.17. The molecule has 19 heavy (non-hydrogen) atoms. The molecule has 0 amide bonds. The van der Waals surface area contributed by atoms with Gasteiger partial charge in [0.25, 0.3) is 0 Å². The molecule has 0 fully saturated rings. The Morgan fingerprint density at radius 3 is 2.21 bits per heavy atom. The highest BCUT2D eigenvalue weighted by atomic mass is 32.2. The smallest absolute Gasteiger partial charge is 0.150 e. The topological polar surface area (TPSA) is 34.1 Å². The van der Waals surface area contributed by atoms with Crippen LogP contribution in [0.25, 0.3) is 0 Å². The van der Waals surface area contributed by atoms with Crippen molar-refractivity contribution in [3.8, 4) is 0 Å². The monoisotopic (exact) mass is 282 g/mol. The van der Waals surface area contributed by atoms with Crippen LogP contribution in [0.5, 0.6) is 0 Å². The van der Waals surface area contributed by atoms with Gasteiger partial charge in [-0.25, -0.2) is 8.42 Å². The Morgan fingerprint density at radius 1 is 1.11 bits per heavy atom. The molecular weight excluding hydrogens is 256 g/mol. The molecule has 0 bridgehead atoms. The summed E-state index contributed by atoms with van der Waals surface area (Å²) in [7, 11) is -2.95. The first-order valence-corrected chi connectivity index (χ1v) is 8.77. The second kappa shape index (κ2) is 6.56. The van der Waals surface area contributed by atoms with Crippen LogP contribution in [-0.2, 0) is 9.84 Å². The van der Waals surface area contributed by atoms with Gasteiger partial charge in [-0.05, 0) is 29.7 Å². The van der Waals surface area contributed by atoms with Gasteiger partial charge in [-0.1, -0.05) is 58.0 Å². The number of rotatable bonds is 6. The van der Waals surface area contributed by atoms with Crippen molar-refractivity contribution in [2.75, 3.05) is 11.5 Å². The summed E-state index contributed by atoms with van der Waals surface area (Å²) in [5.41, 5.74) is 1.31. The lowest BCUT2D eigenvalue weighted by Gasteiger charge is -2.18. The van der Waals surface area contributed by atoms with Crippen molar-refractivity contribution >= 4 is 9.84 Å². The van der Waals surface area contributed by atoms with Crippen LogP contribution in [0.1, 0.15) is 52.0 Å². The van der Waals surface area contributed by atoms with E-state index in [-0.39, 0.29) is 17.1 Å². The van der Waals surface area contributed by atoms with Crippen molar-refractivity contribution in [3.63, 3.8) is 0 Å². The molecule has 1 atom stereocenters. The Kier molecular flexibility index (Phi) is 5.60. The van der Waals surface area contributed by atoms with Crippen molar-refractivity contribution in [2.24, 2.45) is 5.41 Å². The molecule has 0 N–H and O–H groups in total. The van der Waals surface area contributed by atoms with Crippen LogP contribution in [0.3, 0.4) is 0 Å². The first-order chi connectivity index (χ1) is 8.70. The lowest BCUT2D eigenvalue weighted by Crippen LogP contribution is -2.17. The van der Waals surface area contributed by atoms with Gasteiger partial charge in [0, 0.05) is 0 Å². The zero-order valence-corrected chi connectivity index (χ0v) is 13.3. The summed E-state index contributed by atoms with van der Waals surface area (Å²) in [4.78, 5) is 0. The van der Waals surface area contributed by atoms with Crippen molar-refractivity contribution in [2.45, 2.75) is 46.5 Å². The quantitative estimate of drug-likeness (QED) is 0.789. The van der Waals surface area contributed by atoms with E-state index in [0.29, 0.717) is 5.75 Å². The summed E-state index contributed by atoms with van der Waals surface area (Å²) in [5.74, 6) is 0.628. The van der Waals surface area contributed by atoms with E-state index < -0.39 is 9.84 Å². The fraction of sp³-hybridized carbons (Fsp3) is 0.625. The van der Waals surface area contributed by atoms with Crippen molar-refractivity contribution in [1.82, 2.24) is 0 Å². The molecule has 0 unspecified atom stereocenters. The Balaban J connectivity index is 2.51. The summed E-state index contributed by atoms with van der Waals surface area (Å²) in [6.07, 6.45) is 1.71. The van der Waals surface area contributed by atoms with Gasteiger partial charge in [-0.2, -0.15) is 0 Å². The van der Waals surface area contributed by atoms with Gasteiger partial charge < -0.3 is 0 Å². The molecule has 1 aromatic carbocycles. The molecule has 0 spiro atoms. The fourth-order valence-corrected chi connectivity index (χ4v) is 3.87. The van der Waals surface area contributed by atoms with Crippen LogP contribution in [0, 0.1) is 5.41 Å². The minimum Gasteiger partial charge on any atom is -0.229 e. The van der Waals surface area contributed by atoms with Gasteiger partial charge in [0.1, 0.15) is 0 Å². The SMILES string of the molecule is C[C@@H](CS(=O)(=O)CCCC(C)(C)C)c1ccccc1. The van der Waals surface area contributed by atoms with Gasteiger partial charge >= 0.3 is 0 Å². The van der Waals surface area contributed by atoms with Gasteiger partial charge in [0.05, 0.1) is 11.5 Å². The number of hydrogen-bond acceptors (Lipinski definition) is 2. The minimum absolute atomic E-state index is 0.0702. The Labute approximate surface area is 118 Å². The van der Waals surface area contributed by atoms with Crippen LogP contribution < -0.4 is 0 Å². The van der Waals surface area contributed by atoms with Crippen LogP contribution in [0.15, 0.2) is 30.3 Å². The van der Waals surface area contributed by atoms with Crippen LogP contribution in [0.2, 0.25) is 0 Å². The van der Waals surface area contributed by atoms with E-state index in [1.54, 1.807) is 0 Å². The average Bonchev–Trinajstić information content (AvgIpc) is 2.27. The largest absolute Gasteiger partial charge is 0.229 e. The van der Waals surface area contributed by atoms with Crippen LogP contribution in [-0.4, -0.2) is 19.9 Å². The van der Waals surface area contributed by atoms with Crippen LogP contribution in [0.4, 0.5) is 0 Å². The summed E-state index contributed by atoms with van der Waals surface area (Å²) in [6.45, 7) is 8.42. The second-order valence-corrected chi connectivity index (χ2v) is 8.82. The lowest BCUT2D eigenvalue weighted by molar-refractivity contribution is 0.373. The maximum absolute atomic E-state index is 12.1. The molecule has 0 radical (unpaired) electrons. The molecule has 0 heterocycles. The molecule has 0 aliphatic heterocycles. The number of benzene rings is 1. The van der Waals surface area contributed by atoms with Gasteiger partial charge in [0.2, 0.25) is 0 Å². The molecule has 3 heteroatoms. The van der Waals surface area contributed by atoms with Gasteiger partial charge in [-0.15, -0.1) is 0 Å². The maximum atomic E-state index is 12.1. The highest BCUT2D eigenvalue weighted by molar-refractivity contribution is 7.91. The minimum atomic E-state index is -2.95. The molecule has 0 aromatic heterocycles. The van der Waals surface area contributed by atoms with E-state index >= 15 is 0 Å². The molecule has 108 valence electrons. The maximum Gasteiger partial charge on any atom is 0.150 e. The Morgan fingerprint density at radius 2 is 1.68 bits per heavy atom. The second-order valence-electron chi connectivity index (χ2n) is 6.59. The summed E-state index contributed by atoms with van der Waals surface area (Å²) < 4.78 is 24.2. The molecule has 0 saturated heterocycles. The summed E-state index contributed by atoms with van der Waals surface area (Å²) in [5, 5.41) is 0. The van der Waals surface area contributed by atoms with E-state index in [9.17, 15) is 8.42 Å². The predicted molar refractivity (Wildman–Crippen MR) is 82.2 cm³/mol. The molecule has 0 aliphatic carbocycles. The third-order valence-electron chi connectivity index (χ3n) is 3.25. The van der Waals surface area contributed by atoms with E-state index in [4.69, 9.17) is 0 Å². The molecule has 0 saturated carbocycles. The zero-order valence-electron chi connectivity index (χ0n) is 12.5. The normalized spacial score (nSPS) is 14.3. The van der Waals surface area contributed by atoms with E-state index in [2.05, 4.69) is 20.8 Å².